The average molecular weight is 302 g/mol. The number of carbonyl (C=O) groups excluding carboxylic acids is 1. The van der Waals surface area contributed by atoms with Crippen LogP contribution in [0.5, 0.6) is 0 Å². The summed E-state index contributed by atoms with van der Waals surface area (Å²) in [6, 6.07) is 1.82. The fourth-order valence-electron chi connectivity index (χ4n) is 2.70. The van der Waals surface area contributed by atoms with Gasteiger partial charge in [-0.15, -0.1) is 12.4 Å². The number of ether oxygens (including phenoxy) is 1. The van der Waals surface area contributed by atoms with Gasteiger partial charge in [0.05, 0.1) is 12.2 Å². The van der Waals surface area contributed by atoms with Crippen LogP contribution in [-0.4, -0.2) is 44.2 Å². The number of amides is 1. The van der Waals surface area contributed by atoms with Crippen LogP contribution in [-0.2, 0) is 4.74 Å². The van der Waals surface area contributed by atoms with Crippen LogP contribution in [0.2, 0.25) is 0 Å². The first-order valence-corrected chi connectivity index (χ1v) is 6.79. The van der Waals surface area contributed by atoms with E-state index in [-0.39, 0.29) is 23.7 Å². The molecule has 1 fully saturated rings. The number of aromatic nitrogens is 1. The lowest BCUT2D eigenvalue weighted by Gasteiger charge is -2.37. The van der Waals surface area contributed by atoms with Crippen molar-refractivity contribution in [2.75, 3.05) is 33.4 Å². The van der Waals surface area contributed by atoms with Crippen LogP contribution >= 0.6 is 12.4 Å². The fourth-order valence-corrected chi connectivity index (χ4v) is 2.70. The summed E-state index contributed by atoms with van der Waals surface area (Å²) in [7, 11) is 1.72. The van der Waals surface area contributed by atoms with Crippen LogP contribution in [0.1, 0.15) is 28.9 Å². The number of nitrogens with one attached hydrogen (secondary N) is 3. The Morgan fingerprint density at radius 2 is 2.15 bits per heavy atom. The van der Waals surface area contributed by atoms with Gasteiger partial charge in [-0.05, 0) is 38.9 Å². The average Bonchev–Trinajstić information content (AvgIpc) is 2.84. The van der Waals surface area contributed by atoms with E-state index in [2.05, 4.69) is 15.6 Å². The number of hydrogen-bond donors (Lipinski definition) is 3. The first kappa shape index (κ1) is 17.0. The maximum absolute atomic E-state index is 12.1. The van der Waals surface area contributed by atoms with Gasteiger partial charge in [-0.3, -0.25) is 4.79 Å². The Kier molecular flexibility index (Phi) is 6.52. The topological polar surface area (TPSA) is 66.1 Å². The van der Waals surface area contributed by atoms with Crippen molar-refractivity contribution in [1.29, 1.82) is 0 Å². The third-order valence-electron chi connectivity index (χ3n) is 3.94. The lowest BCUT2D eigenvalue weighted by atomic mass is 9.79. The summed E-state index contributed by atoms with van der Waals surface area (Å²) in [5.41, 5.74) is 1.70. The number of halogens is 1. The Morgan fingerprint density at radius 3 is 2.70 bits per heavy atom. The first-order valence-electron chi connectivity index (χ1n) is 6.79. The van der Waals surface area contributed by atoms with E-state index < -0.39 is 0 Å². The molecule has 0 saturated carbocycles. The van der Waals surface area contributed by atoms with Crippen LogP contribution in [0.25, 0.3) is 0 Å². The zero-order valence-corrected chi connectivity index (χ0v) is 12.9. The number of aryl methyl sites for hydroxylation is 1. The largest absolute Gasteiger partial charge is 0.384 e. The molecule has 1 saturated heterocycles. The Balaban J connectivity index is 0.00000200. The smallest absolute Gasteiger partial charge is 0.253 e. The van der Waals surface area contributed by atoms with E-state index in [1.54, 1.807) is 13.3 Å². The van der Waals surface area contributed by atoms with Crippen molar-refractivity contribution in [2.45, 2.75) is 19.8 Å². The maximum atomic E-state index is 12.1. The summed E-state index contributed by atoms with van der Waals surface area (Å²) in [6.07, 6.45) is 3.86. The summed E-state index contributed by atoms with van der Waals surface area (Å²) < 4.78 is 5.35. The fraction of sp³-hybridized carbons (Fsp3) is 0.643. The Labute approximate surface area is 126 Å². The maximum Gasteiger partial charge on any atom is 0.253 e. The molecule has 114 valence electrons. The number of rotatable bonds is 5. The van der Waals surface area contributed by atoms with Gasteiger partial charge in [-0.1, -0.05) is 0 Å². The van der Waals surface area contributed by atoms with Gasteiger partial charge in [-0.2, -0.15) is 0 Å². The minimum Gasteiger partial charge on any atom is -0.384 e. The minimum atomic E-state index is -0.00670. The normalized spacial score (nSPS) is 17.3. The number of hydrogen-bond acceptors (Lipinski definition) is 3. The molecule has 2 rings (SSSR count). The molecular formula is C14H24ClN3O2. The number of methoxy groups -OCH3 is 1. The summed E-state index contributed by atoms with van der Waals surface area (Å²) in [4.78, 5) is 15.2. The van der Waals surface area contributed by atoms with Gasteiger partial charge in [0.1, 0.15) is 0 Å². The second-order valence-corrected chi connectivity index (χ2v) is 5.38. The van der Waals surface area contributed by atoms with Crippen LogP contribution in [0.15, 0.2) is 12.3 Å². The molecule has 3 N–H and O–H groups in total. The van der Waals surface area contributed by atoms with E-state index in [0.29, 0.717) is 13.2 Å². The minimum absolute atomic E-state index is 0. The highest BCUT2D eigenvalue weighted by Gasteiger charge is 2.32. The highest BCUT2D eigenvalue weighted by molar-refractivity contribution is 5.95. The SMILES string of the molecule is COCC1(CNC(=O)c2cc[nH]c2C)CCNCC1.Cl. The van der Waals surface area contributed by atoms with Gasteiger partial charge in [0.25, 0.3) is 5.91 Å². The molecule has 1 aliphatic heterocycles. The molecule has 20 heavy (non-hydrogen) atoms. The molecule has 0 aromatic carbocycles. The molecule has 0 radical (unpaired) electrons. The van der Waals surface area contributed by atoms with Gasteiger partial charge in [0.2, 0.25) is 0 Å². The third-order valence-corrected chi connectivity index (χ3v) is 3.94. The predicted molar refractivity (Wildman–Crippen MR) is 81.5 cm³/mol. The van der Waals surface area contributed by atoms with Crippen molar-refractivity contribution < 1.29 is 9.53 Å². The van der Waals surface area contributed by atoms with Crippen LogP contribution in [0.4, 0.5) is 0 Å². The number of piperidine rings is 1. The number of aromatic amines is 1. The zero-order chi connectivity index (χ0) is 13.7. The molecule has 1 amide bonds. The second-order valence-electron chi connectivity index (χ2n) is 5.38. The molecule has 0 unspecified atom stereocenters. The van der Waals surface area contributed by atoms with E-state index in [0.717, 1.165) is 37.2 Å². The van der Waals surface area contributed by atoms with E-state index in [9.17, 15) is 4.79 Å². The Hall–Kier alpha value is -1.04. The lowest BCUT2D eigenvalue weighted by Crippen LogP contribution is -2.47. The molecular weight excluding hydrogens is 278 g/mol. The van der Waals surface area contributed by atoms with Crippen molar-refractivity contribution in [1.82, 2.24) is 15.6 Å². The molecule has 5 nitrogen and oxygen atoms in total. The van der Waals surface area contributed by atoms with E-state index in [1.807, 2.05) is 13.0 Å². The molecule has 1 aromatic rings. The number of carbonyl (C=O) groups is 1. The summed E-state index contributed by atoms with van der Waals surface area (Å²) in [5, 5.41) is 6.40. The van der Waals surface area contributed by atoms with Gasteiger partial charge in [0, 0.05) is 31.0 Å². The van der Waals surface area contributed by atoms with Crippen molar-refractivity contribution >= 4 is 18.3 Å². The Morgan fingerprint density at radius 1 is 1.45 bits per heavy atom. The highest BCUT2D eigenvalue weighted by atomic mass is 35.5. The van der Waals surface area contributed by atoms with Crippen LogP contribution in [0.3, 0.4) is 0 Å². The third kappa shape index (κ3) is 3.98. The van der Waals surface area contributed by atoms with Crippen molar-refractivity contribution in [3.8, 4) is 0 Å². The number of H-pyrrole nitrogens is 1. The lowest BCUT2D eigenvalue weighted by molar-refractivity contribution is 0.0511. The molecule has 2 heterocycles. The van der Waals surface area contributed by atoms with E-state index >= 15 is 0 Å². The standard InChI is InChI=1S/C14H23N3O2.ClH/c1-11-12(3-6-16-11)13(18)17-9-14(10-19-2)4-7-15-8-5-14;/h3,6,15-16H,4-5,7-10H2,1-2H3,(H,17,18);1H. The second kappa shape index (κ2) is 7.67. The molecule has 0 aliphatic carbocycles. The van der Waals surface area contributed by atoms with Crippen LogP contribution in [0, 0.1) is 12.3 Å². The van der Waals surface area contributed by atoms with Crippen LogP contribution < -0.4 is 10.6 Å². The van der Waals surface area contributed by atoms with E-state index in [1.165, 1.54) is 0 Å². The van der Waals surface area contributed by atoms with Crippen molar-refractivity contribution in [3.63, 3.8) is 0 Å². The zero-order valence-electron chi connectivity index (χ0n) is 12.1. The predicted octanol–water partition coefficient (Wildman–Crippen LogP) is 1.49. The summed E-state index contributed by atoms with van der Waals surface area (Å²) in [5.74, 6) is -0.00670. The molecule has 0 atom stereocenters. The summed E-state index contributed by atoms with van der Waals surface area (Å²) >= 11 is 0. The highest BCUT2D eigenvalue weighted by Crippen LogP contribution is 2.28. The van der Waals surface area contributed by atoms with Gasteiger partial charge < -0.3 is 20.4 Å². The first-order chi connectivity index (χ1) is 9.17. The summed E-state index contributed by atoms with van der Waals surface area (Å²) in [6.45, 7) is 5.25. The quantitative estimate of drug-likeness (QED) is 0.772. The van der Waals surface area contributed by atoms with Gasteiger partial charge >= 0.3 is 0 Å². The Bertz CT molecular complexity index is 422. The molecule has 0 spiro atoms. The van der Waals surface area contributed by atoms with Crippen molar-refractivity contribution in [2.24, 2.45) is 5.41 Å². The molecule has 0 bridgehead atoms. The monoisotopic (exact) mass is 301 g/mol. The van der Waals surface area contributed by atoms with E-state index in [4.69, 9.17) is 4.74 Å². The molecule has 1 aliphatic rings. The van der Waals surface area contributed by atoms with Gasteiger partial charge in [0.15, 0.2) is 0 Å². The van der Waals surface area contributed by atoms with Gasteiger partial charge in [-0.25, -0.2) is 0 Å². The molecule has 6 heteroatoms. The molecule has 1 aromatic heterocycles. The van der Waals surface area contributed by atoms with Crippen molar-refractivity contribution in [3.05, 3.63) is 23.5 Å².